The molecule has 0 aliphatic heterocycles. The van der Waals surface area contributed by atoms with E-state index in [0.29, 0.717) is 28.6 Å². The molecule has 0 radical (unpaired) electrons. The van der Waals surface area contributed by atoms with E-state index >= 15 is 0 Å². The molecule has 0 spiro atoms. The highest BCUT2D eigenvalue weighted by atomic mass is 19.4. The van der Waals surface area contributed by atoms with Crippen LogP contribution in [0.15, 0.2) is 164 Å². The minimum absolute atomic E-state index is 0.0163. The Kier molecular flexibility index (Phi) is 9.70. The maximum atomic E-state index is 13.7. The van der Waals surface area contributed by atoms with Gasteiger partial charge >= 0.3 is 12.4 Å². The summed E-state index contributed by atoms with van der Waals surface area (Å²) in [5.74, 6) is 1.47. The van der Waals surface area contributed by atoms with Gasteiger partial charge in [0, 0.05) is 27.8 Å². The highest BCUT2D eigenvalue weighted by Gasteiger charge is 2.31. The molecule has 10 rings (SSSR count). The highest BCUT2D eigenvalue weighted by Crippen LogP contribution is 2.38. The third kappa shape index (κ3) is 7.54. The first kappa shape index (κ1) is 40.2. The van der Waals surface area contributed by atoms with Crippen LogP contribution in [0, 0.1) is 13.8 Å². The molecule has 10 aromatic rings. The summed E-state index contributed by atoms with van der Waals surface area (Å²) in [5.41, 5.74) is 7.47. The van der Waals surface area contributed by atoms with E-state index in [9.17, 15) is 26.3 Å². The van der Waals surface area contributed by atoms with Crippen molar-refractivity contribution >= 4 is 22.1 Å². The fourth-order valence-corrected chi connectivity index (χ4v) is 7.89. The number of para-hydroxylation sites is 4. The Morgan fingerprint density at radius 3 is 1.14 bits per heavy atom. The van der Waals surface area contributed by atoms with Crippen LogP contribution in [0.4, 0.5) is 26.3 Å². The minimum Gasteiger partial charge on any atom is -0.292 e. The van der Waals surface area contributed by atoms with Gasteiger partial charge in [-0.3, -0.25) is 9.13 Å². The second-order valence-corrected chi connectivity index (χ2v) is 15.5. The molecular weight excluding hydrogens is 825 g/mol. The summed E-state index contributed by atoms with van der Waals surface area (Å²) >= 11 is 0. The summed E-state index contributed by atoms with van der Waals surface area (Å²) in [6.07, 6.45) is -9.18. The van der Waals surface area contributed by atoms with Gasteiger partial charge in [-0.25, -0.2) is 24.9 Å². The Hall–Kier alpha value is -7.93. The minimum atomic E-state index is -4.59. The Labute approximate surface area is 362 Å². The number of aryl methyl sites for hydroxylation is 2. The molecule has 0 amide bonds. The van der Waals surface area contributed by atoms with Crippen molar-refractivity contribution in [3.63, 3.8) is 0 Å². The lowest BCUT2D eigenvalue weighted by atomic mass is 10.1. The van der Waals surface area contributed by atoms with Gasteiger partial charge in [-0.1, -0.05) is 96.1 Å². The van der Waals surface area contributed by atoms with Gasteiger partial charge in [0.15, 0.2) is 17.5 Å². The van der Waals surface area contributed by atoms with Crippen molar-refractivity contribution in [1.82, 2.24) is 34.1 Å². The average molecular weight is 858 g/mol. The van der Waals surface area contributed by atoms with Crippen molar-refractivity contribution in [1.29, 1.82) is 0 Å². The number of rotatable bonds is 7. The van der Waals surface area contributed by atoms with Gasteiger partial charge in [0.1, 0.15) is 11.6 Å². The molecule has 0 saturated heterocycles. The lowest BCUT2D eigenvalue weighted by Crippen LogP contribution is -2.06. The monoisotopic (exact) mass is 857 g/mol. The van der Waals surface area contributed by atoms with Gasteiger partial charge in [0.25, 0.3) is 0 Å². The molecule has 0 fully saturated rings. The number of halogens is 6. The lowest BCUT2D eigenvalue weighted by Gasteiger charge is -2.17. The molecule has 7 nitrogen and oxygen atoms in total. The summed E-state index contributed by atoms with van der Waals surface area (Å²) in [4.78, 5) is 24.6. The largest absolute Gasteiger partial charge is 0.416 e. The lowest BCUT2D eigenvalue weighted by molar-refractivity contribution is -0.138. The van der Waals surface area contributed by atoms with Crippen molar-refractivity contribution in [2.45, 2.75) is 26.2 Å². The van der Waals surface area contributed by atoms with Crippen molar-refractivity contribution in [3.8, 4) is 68.3 Å². The number of fused-ring (bicyclic) bond motifs is 2. The van der Waals surface area contributed by atoms with Gasteiger partial charge in [-0.15, -0.1) is 0 Å². The first-order valence-corrected chi connectivity index (χ1v) is 20.1. The maximum Gasteiger partial charge on any atom is 0.416 e. The molecule has 0 bridgehead atoms. The molecule has 3 aromatic heterocycles. The standard InChI is InChI=1S/C51H33F6N7/c1-30-9-7-11-34(25-30)48-58-41-13-3-5-15-43(41)63(48)39-27-36(28-40(29-39)64-44-16-6-4-14-42(44)59-49(64)35-12-8-10-31(2)26-35)47-61-45(32-17-21-37(22-18-32)50(52,53)54)60-46(62-47)33-19-23-38(24-20-33)51(55,56)57/h3-29H,1-2H3. The zero-order valence-corrected chi connectivity index (χ0v) is 34.0. The molecule has 0 aliphatic carbocycles. The van der Waals surface area contributed by atoms with Gasteiger partial charge in [-0.2, -0.15) is 26.3 Å². The molecule has 64 heavy (non-hydrogen) atoms. The zero-order chi connectivity index (χ0) is 44.3. The van der Waals surface area contributed by atoms with E-state index in [2.05, 4.69) is 26.3 Å². The normalized spacial score (nSPS) is 12.1. The van der Waals surface area contributed by atoms with Crippen LogP contribution < -0.4 is 0 Å². The number of nitrogens with zero attached hydrogens (tertiary/aromatic N) is 7. The molecule has 0 aliphatic rings. The molecule has 0 atom stereocenters. The smallest absolute Gasteiger partial charge is 0.292 e. The summed E-state index contributed by atoms with van der Waals surface area (Å²) in [5, 5.41) is 0. The topological polar surface area (TPSA) is 74.3 Å². The van der Waals surface area contributed by atoms with Crippen LogP contribution in [-0.4, -0.2) is 34.1 Å². The summed E-state index contributed by atoms with van der Waals surface area (Å²) in [6, 6.07) is 46.2. The maximum absolute atomic E-state index is 13.7. The van der Waals surface area contributed by atoms with Gasteiger partial charge in [0.2, 0.25) is 0 Å². The molecule has 0 N–H and O–H groups in total. The Morgan fingerprint density at radius 1 is 0.359 bits per heavy atom. The van der Waals surface area contributed by atoms with Crippen molar-refractivity contribution < 1.29 is 26.3 Å². The van der Waals surface area contributed by atoms with E-state index in [-0.39, 0.29) is 28.6 Å². The molecule has 13 heteroatoms. The van der Waals surface area contributed by atoms with Crippen molar-refractivity contribution in [2.24, 2.45) is 0 Å². The molecular formula is C51H33F6N7. The van der Waals surface area contributed by atoms with E-state index in [1.807, 2.05) is 117 Å². The molecule has 3 heterocycles. The van der Waals surface area contributed by atoms with Crippen LogP contribution in [0.25, 0.3) is 90.4 Å². The van der Waals surface area contributed by atoms with Crippen LogP contribution >= 0.6 is 0 Å². The van der Waals surface area contributed by atoms with Crippen molar-refractivity contribution in [3.05, 3.63) is 186 Å². The molecule has 0 saturated carbocycles. The first-order chi connectivity index (χ1) is 30.8. The van der Waals surface area contributed by atoms with E-state index in [4.69, 9.17) is 19.9 Å². The number of hydrogen-bond acceptors (Lipinski definition) is 5. The molecule has 7 aromatic carbocycles. The Balaban J connectivity index is 1.27. The SMILES string of the molecule is Cc1cccc(-c2nc3ccccc3n2-c2cc(-c3nc(-c4ccc(C(F)(F)F)cc4)nc(-c4ccc(C(F)(F)F)cc4)n3)cc(-n3c(-c4cccc(C)c4)nc4ccccc43)c2)c1. The summed E-state index contributed by atoms with van der Waals surface area (Å²) in [7, 11) is 0. The predicted molar refractivity (Wildman–Crippen MR) is 236 cm³/mol. The van der Waals surface area contributed by atoms with E-state index in [1.54, 1.807) is 0 Å². The van der Waals surface area contributed by atoms with Crippen LogP contribution in [0.5, 0.6) is 0 Å². The summed E-state index contributed by atoms with van der Waals surface area (Å²) in [6.45, 7) is 4.02. The fourth-order valence-electron chi connectivity index (χ4n) is 7.89. The number of hydrogen-bond donors (Lipinski definition) is 0. The van der Waals surface area contributed by atoms with Gasteiger partial charge in [0.05, 0.1) is 44.6 Å². The molecule has 314 valence electrons. The van der Waals surface area contributed by atoms with Crippen molar-refractivity contribution in [2.75, 3.05) is 0 Å². The third-order valence-corrected chi connectivity index (χ3v) is 10.9. The fraction of sp³-hybridized carbons (Fsp3) is 0.0784. The Bertz CT molecular complexity index is 3170. The van der Waals surface area contributed by atoms with Crippen LogP contribution in [-0.2, 0) is 12.4 Å². The van der Waals surface area contributed by atoms with E-state index in [0.717, 1.165) is 68.6 Å². The number of alkyl halides is 6. The van der Waals surface area contributed by atoms with Crippen LogP contribution in [0.2, 0.25) is 0 Å². The second-order valence-electron chi connectivity index (χ2n) is 15.5. The quantitative estimate of drug-likeness (QED) is 0.149. The summed E-state index contributed by atoms with van der Waals surface area (Å²) < 4.78 is 86.3. The number of aromatic nitrogens is 7. The second kappa shape index (κ2) is 15.5. The molecule has 0 unspecified atom stereocenters. The van der Waals surface area contributed by atoms with Crippen LogP contribution in [0.1, 0.15) is 22.3 Å². The van der Waals surface area contributed by atoms with E-state index in [1.165, 1.54) is 24.3 Å². The van der Waals surface area contributed by atoms with Crippen LogP contribution in [0.3, 0.4) is 0 Å². The highest BCUT2D eigenvalue weighted by molar-refractivity contribution is 5.87. The number of benzene rings is 7. The van der Waals surface area contributed by atoms with Gasteiger partial charge < -0.3 is 0 Å². The Morgan fingerprint density at radius 2 is 0.750 bits per heavy atom. The number of imidazole rings is 2. The first-order valence-electron chi connectivity index (χ1n) is 20.1. The third-order valence-electron chi connectivity index (χ3n) is 10.9. The predicted octanol–water partition coefficient (Wildman–Crippen LogP) is 13.5. The van der Waals surface area contributed by atoms with Gasteiger partial charge in [-0.05, 0) is 92.7 Å². The van der Waals surface area contributed by atoms with E-state index < -0.39 is 23.5 Å². The average Bonchev–Trinajstić information content (AvgIpc) is 3.88. The zero-order valence-electron chi connectivity index (χ0n) is 34.0.